The Morgan fingerprint density at radius 3 is 2.49 bits per heavy atom. The van der Waals surface area contributed by atoms with Crippen molar-refractivity contribution in [3.05, 3.63) is 11.1 Å². The first-order valence-electron chi connectivity index (χ1n) is 17.0. The van der Waals surface area contributed by atoms with E-state index in [1.807, 2.05) is 0 Å². The van der Waals surface area contributed by atoms with Crippen LogP contribution in [0.2, 0.25) is 0 Å². The SMILES string of the molecule is CC1=C2C[C@H]3[C@@H](CC(=O)[C@H]4C[C@@H](OC5OC(CO)[C@H](O)C(O)C5O)CC[C@@]43C)[C@@H]2CC[C@@]1(O[C@H]1CNC[C@@H](C)C1)C(C)C. The predicted octanol–water partition coefficient (Wildman–Crippen LogP) is 2.72. The molecule has 4 unspecified atom stereocenters. The van der Waals surface area contributed by atoms with Crippen molar-refractivity contribution in [3.63, 3.8) is 0 Å². The summed E-state index contributed by atoms with van der Waals surface area (Å²) in [5, 5.41) is 44.0. The monoisotopic (exact) mass is 605 g/mol. The number of rotatable bonds is 6. The largest absolute Gasteiger partial charge is 0.394 e. The fourth-order valence-electron chi connectivity index (χ4n) is 10.3. The highest BCUT2D eigenvalue weighted by Crippen LogP contribution is 2.65. The predicted molar refractivity (Wildman–Crippen MR) is 160 cm³/mol. The van der Waals surface area contributed by atoms with Crippen LogP contribution in [0.4, 0.5) is 0 Å². The summed E-state index contributed by atoms with van der Waals surface area (Å²) in [6.07, 6.45) is 0.410. The number of fused-ring (bicyclic) bond motifs is 5. The second kappa shape index (κ2) is 12.0. The van der Waals surface area contributed by atoms with Gasteiger partial charge in [-0.05, 0) is 99.0 Å². The maximum atomic E-state index is 13.9. The highest BCUT2D eigenvalue weighted by Gasteiger charge is 2.61. The van der Waals surface area contributed by atoms with Crippen LogP contribution in [0.5, 0.6) is 0 Å². The van der Waals surface area contributed by atoms with Gasteiger partial charge >= 0.3 is 0 Å². The molecule has 14 atom stereocenters. The number of aliphatic hydroxyl groups is 4. The number of ketones is 1. The van der Waals surface area contributed by atoms with Crippen molar-refractivity contribution in [2.75, 3.05) is 19.7 Å². The summed E-state index contributed by atoms with van der Waals surface area (Å²) in [5.74, 6) is 2.46. The van der Waals surface area contributed by atoms with Gasteiger partial charge in [0.15, 0.2) is 6.29 Å². The van der Waals surface area contributed by atoms with Gasteiger partial charge in [0.1, 0.15) is 30.2 Å². The third kappa shape index (κ3) is 5.37. The van der Waals surface area contributed by atoms with Crippen LogP contribution >= 0.6 is 0 Å². The van der Waals surface area contributed by atoms with Gasteiger partial charge in [-0.25, -0.2) is 0 Å². The second-order valence-corrected chi connectivity index (χ2v) is 15.5. The van der Waals surface area contributed by atoms with Gasteiger partial charge in [-0.15, -0.1) is 0 Å². The number of carbonyl (C=O) groups is 1. The molecule has 9 heteroatoms. The number of ether oxygens (including phenoxy) is 3. The maximum Gasteiger partial charge on any atom is 0.186 e. The van der Waals surface area contributed by atoms with Gasteiger partial charge in [-0.1, -0.05) is 33.3 Å². The van der Waals surface area contributed by atoms with E-state index in [1.54, 1.807) is 5.57 Å². The molecular formula is C34H55NO8. The Labute approximate surface area is 256 Å². The van der Waals surface area contributed by atoms with Crippen LogP contribution in [-0.4, -0.2) is 94.4 Å². The van der Waals surface area contributed by atoms with Crippen LogP contribution in [-0.2, 0) is 19.0 Å². The van der Waals surface area contributed by atoms with Crippen molar-refractivity contribution in [1.29, 1.82) is 0 Å². The van der Waals surface area contributed by atoms with Gasteiger partial charge in [-0.2, -0.15) is 0 Å². The fraction of sp³-hybridized carbons (Fsp3) is 0.912. The van der Waals surface area contributed by atoms with Gasteiger partial charge in [-0.3, -0.25) is 4.79 Å². The molecule has 4 aliphatic carbocycles. The lowest BCUT2D eigenvalue weighted by Gasteiger charge is -2.53. The van der Waals surface area contributed by atoms with E-state index in [4.69, 9.17) is 14.2 Å². The van der Waals surface area contributed by atoms with Crippen LogP contribution in [0.1, 0.15) is 86.0 Å². The minimum absolute atomic E-state index is 0.121. The Morgan fingerprint density at radius 2 is 1.79 bits per heavy atom. The molecule has 2 aliphatic heterocycles. The molecule has 5 N–H and O–H groups in total. The lowest BCUT2D eigenvalue weighted by Crippen LogP contribution is -2.60. The molecule has 0 spiro atoms. The summed E-state index contributed by atoms with van der Waals surface area (Å²) in [5.41, 5.74) is 2.62. The number of nitrogens with one attached hydrogen (secondary N) is 1. The van der Waals surface area contributed by atoms with E-state index in [1.165, 1.54) is 5.57 Å². The number of hydrogen-bond acceptors (Lipinski definition) is 9. The first-order valence-corrected chi connectivity index (χ1v) is 17.0. The van der Waals surface area contributed by atoms with E-state index in [9.17, 15) is 25.2 Å². The van der Waals surface area contributed by atoms with E-state index in [0.717, 1.165) is 51.6 Å². The molecule has 2 saturated heterocycles. The zero-order chi connectivity index (χ0) is 30.8. The molecule has 0 amide bonds. The third-order valence-corrected chi connectivity index (χ3v) is 12.9. The minimum Gasteiger partial charge on any atom is -0.394 e. The van der Waals surface area contributed by atoms with Crippen molar-refractivity contribution >= 4 is 5.78 Å². The molecule has 3 saturated carbocycles. The summed E-state index contributed by atoms with van der Waals surface area (Å²) in [6, 6.07) is 0. The van der Waals surface area contributed by atoms with E-state index in [-0.39, 0.29) is 29.1 Å². The van der Waals surface area contributed by atoms with Crippen LogP contribution in [0.3, 0.4) is 0 Å². The van der Waals surface area contributed by atoms with Gasteiger partial charge in [0, 0.05) is 18.9 Å². The standard InChI is InChI=1S/C34H55NO8/c1-17(2)34(43-21-10-18(3)14-35-15-21)9-7-22-23(19(34)4)12-25-24(22)13-27(37)26-11-20(6-8-33(25,26)5)41-32-31(40)30(39)29(38)28(16-36)42-32/h17-18,20-22,24-26,28-32,35-36,38-40H,6-16H2,1-5H3/t18-,20-,21+,22+,24-,25-,26+,28?,29-,30?,31?,32?,33+,34+/m0/s1. The quantitative estimate of drug-likeness (QED) is 0.229. The Bertz CT molecular complexity index is 1080. The van der Waals surface area contributed by atoms with E-state index < -0.39 is 37.3 Å². The average molecular weight is 606 g/mol. The number of carbonyl (C=O) groups excluding carboxylic acids is 1. The molecule has 0 radical (unpaired) electrons. The Morgan fingerprint density at radius 1 is 1.02 bits per heavy atom. The van der Waals surface area contributed by atoms with Gasteiger partial charge in [0.2, 0.25) is 0 Å². The number of allylic oxidation sites excluding steroid dienone is 1. The molecule has 6 aliphatic rings. The second-order valence-electron chi connectivity index (χ2n) is 15.5. The maximum absolute atomic E-state index is 13.9. The first kappa shape index (κ1) is 32.0. The van der Waals surface area contributed by atoms with Crippen molar-refractivity contribution in [3.8, 4) is 0 Å². The lowest BCUT2D eigenvalue weighted by atomic mass is 9.51. The zero-order valence-electron chi connectivity index (χ0n) is 26.7. The smallest absolute Gasteiger partial charge is 0.186 e. The van der Waals surface area contributed by atoms with Crippen molar-refractivity contribution < 1.29 is 39.4 Å². The molecule has 244 valence electrons. The van der Waals surface area contributed by atoms with Crippen LogP contribution in [0, 0.1) is 40.9 Å². The molecule has 6 rings (SSSR count). The molecule has 9 nitrogen and oxygen atoms in total. The van der Waals surface area contributed by atoms with Gasteiger partial charge < -0.3 is 40.0 Å². The van der Waals surface area contributed by atoms with Gasteiger partial charge in [0.05, 0.1) is 24.4 Å². The Kier molecular flexibility index (Phi) is 8.97. The molecule has 43 heavy (non-hydrogen) atoms. The molecule has 2 heterocycles. The molecule has 0 aromatic rings. The Balaban J connectivity index is 1.20. The van der Waals surface area contributed by atoms with Crippen LogP contribution < -0.4 is 5.32 Å². The van der Waals surface area contributed by atoms with E-state index in [0.29, 0.717) is 48.2 Å². The molecule has 0 aromatic carbocycles. The minimum atomic E-state index is -1.47. The normalized spacial score (nSPS) is 50.4. The number of aliphatic hydroxyl groups excluding tert-OH is 4. The van der Waals surface area contributed by atoms with Crippen molar-refractivity contribution in [2.45, 2.75) is 135 Å². The zero-order valence-corrected chi connectivity index (χ0v) is 26.7. The van der Waals surface area contributed by atoms with Crippen LogP contribution in [0.25, 0.3) is 0 Å². The average Bonchev–Trinajstić information content (AvgIpc) is 3.35. The lowest BCUT2D eigenvalue weighted by molar-refractivity contribution is -0.315. The number of piperidine rings is 1. The van der Waals surface area contributed by atoms with Crippen LogP contribution in [0.15, 0.2) is 11.1 Å². The Hall–Kier alpha value is -0.910. The highest BCUT2D eigenvalue weighted by atomic mass is 16.7. The number of Topliss-reactive ketones (excluding diaryl/α,β-unsaturated/α-hetero) is 1. The summed E-state index contributed by atoms with van der Waals surface area (Å²) in [7, 11) is 0. The topological polar surface area (TPSA) is 138 Å². The summed E-state index contributed by atoms with van der Waals surface area (Å²) < 4.78 is 18.9. The third-order valence-electron chi connectivity index (χ3n) is 12.9. The molecule has 0 aromatic heterocycles. The van der Waals surface area contributed by atoms with E-state index in [2.05, 4.69) is 39.9 Å². The first-order chi connectivity index (χ1) is 20.4. The molecule has 5 fully saturated rings. The van der Waals surface area contributed by atoms with Crippen molar-refractivity contribution in [2.24, 2.45) is 40.9 Å². The fourth-order valence-corrected chi connectivity index (χ4v) is 10.3. The molecule has 0 bridgehead atoms. The summed E-state index contributed by atoms with van der Waals surface area (Å²) in [6.45, 7) is 13.0. The molecular weight excluding hydrogens is 550 g/mol. The van der Waals surface area contributed by atoms with Gasteiger partial charge in [0.25, 0.3) is 0 Å². The van der Waals surface area contributed by atoms with Crippen molar-refractivity contribution in [1.82, 2.24) is 5.32 Å². The highest BCUT2D eigenvalue weighted by molar-refractivity contribution is 5.83. The summed E-state index contributed by atoms with van der Waals surface area (Å²) >= 11 is 0. The number of hydrogen-bond donors (Lipinski definition) is 5. The van der Waals surface area contributed by atoms with E-state index >= 15 is 0 Å². The summed E-state index contributed by atoms with van der Waals surface area (Å²) in [4.78, 5) is 13.9.